The van der Waals surface area contributed by atoms with Crippen LogP contribution < -0.4 is 0 Å². The maximum atomic E-state index is 9.42. The molecule has 2 rings (SSSR count). The van der Waals surface area contributed by atoms with Gasteiger partial charge in [0.05, 0.1) is 6.61 Å². The maximum Gasteiger partial charge on any atom is 0.0586 e. The number of piperidine rings is 1. The first-order valence-electron chi connectivity index (χ1n) is 7.31. The van der Waals surface area contributed by atoms with Crippen molar-refractivity contribution in [2.75, 3.05) is 19.7 Å². The lowest BCUT2D eigenvalue weighted by atomic mass is 9.81. The summed E-state index contributed by atoms with van der Waals surface area (Å²) in [5, 5.41) is 9.42. The topological polar surface area (TPSA) is 23.5 Å². The molecular weight excluding hydrogens is 210 g/mol. The largest absolute Gasteiger partial charge is 0.395 e. The van der Waals surface area contributed by atoms with Gasteiger partial charge in [0.15, 0.2) is 0 Å². The number of hydrogen-bond donors (Lipinski definition) is 1. The van der Waals surface area contributed by atoms with Crippen LogP contribution in [-0.4, -0.2) is 35.7 Å². The number of aliphatic hydroxyl groups excluding tert-OH is 1. The molecule has 0 radical (unpaired) electrons. The predicted octanol–water partition coefficient (Wildman–Crippen LogP) is 2.83. The van der Waals surface area contributed by atoms with Crippen LogP contribution in [0.1, 0.15) is 44.9 Å². The molecule has 1 heterocycles. The van der Waals surface area contributed by atoms with Crippen molar-refractivity contribution in [3.05, 3.63) is 12.7 Å². The standard InChI is InChI=1S/C15H27NO/c1-2-13-6-8-14(9-7-13)11-16-10-4-3-5-15(16)12-17/h2,13-15,17H,1,3-12H2/t13-,14+,15-/m0/s1. The fraction of sp³-hybridized carbons (Fsp3) is 0.867. The Labute approximate surface area is 106 Å². The Balaban J connectivity index is 1.78. The average molecular weight is 237 g/mol. The number of aliphatic hydroxyl groups is 1. The summed E-state index contributed by atoms with van der Waals surface area (Å²) >= 11 is 0. The number of nitrogens with zero attached hydrogens (tertiary/aromatic N) is 1. The quantitative estimate of drug-likeness (QED) is 0.760. The summed E-state index contributed by atoms with van der Waals surface area (Å²) < 4.78 is 0. The van der Waals surface area contributed by atoms with Crippen molar-refractivity contribution in [1.29, 1.82) is 0 Å². The van der Waals surface area contributed by atoms with E-state index in [1.54, 1.807) is 0 Å². The van der Waals surface area contributed by atoms with Crippen molar-refractivity contribution in [2.24, 2.45) is 11.8 Å². The number of hydrogen-bond acceptors (Lipinski definition) is 2. The minimum absolute atomic E-state index is 0.349. The van der Waals surface area contributed by atoms with Crippen LogP contribution in [0.5, 0.6) is 0 Å². The highest BCUT2D eigenvalue weighted by Crippen LogP contribution is 2.31. The van der Waals surface area contributed by atoms with E-state index >= 15 is 0 Å². The van der Waals surface area contributed by atoms with E-state index in [1.165, 1.54) is 58.0 Å². The highest BCUT2D eigenvalue weighted by atomic mass is 16.3. The van der Waals surface area contributed by atoms with E-state index < -0.39 is 0 Å². The summed E-state index contributed by atoms with van der Waals surface area (Å²) in [6.07, 6.45) is 11.3. The minimum atomic E-state index is 0.349. The molecule has 0 unspecified atom stereocenters. The average Bonchev–Trinajstić information content (AvgIpc) is 2.40. The van der Waals surface area contributed by atoms with E-state index in [0.717, 1.165) is 11.8 Å². The van der Waals surface area contributed by atoms with Crippen molar-refractivity contribution in [1.82, 2.24) is 4.90 Å². The van der Waals surface area contributed by atoms with Crippen molar-refractivity contribution < 1.29 is 5.11 Å². The highest BCUT2D eigenvalue weighted by molar-refractivity contribution is 4.86. The van der Waals surface area contributed by atoms with Gasteiger partial charge in [-0.25, -0.2) is 0 Å². The lowest BCUT2D eigenvalue weighted by Crippen LogP contribution is -2.44. The molecule has 0 spiro atoms. The predicted molar refractivity (Wildman–Crippen MR) is 71.9 cm³/mol. The van der Waals surface area contributed by atoms with Crippen LogP contribution in [0.3, 0.4) is 0 Å². The van der Waals surface area contributed by atoms with Gasteiger partial charge in [-0.3, -0.25) is 4.90 Å². The summed E-state index contributed by atoms with van der Waals surface area (Å²) in [6, 6.07) is 0.445. The molecule has 1 N–H and O–H groups in total. The molecule has 0 aromatic heterocycles. The zero-order valence-corrected chi connectivity index (χ0v) is 11.0. The molecule has 0 bridgehead atoms. The van der Waals surface area contributed by atoms with Crippen LogP contribution in [0.25, 0.3) is 0 Å². The lowest BCUT2D eigenvalue weighted by Gasteiger charge is -2.38. The highest BCUT2D eigenvalue weighted by Gasteiger charge is 2.26. The molecule has 0 amide bonds. The summed E-state index contributed by atoms with van der Waals surface area (Å²) in [4.78, 5) is 2.54. The Morgan fingerprint density at radius 2 is 1.88 bits per heavy atom. The second-order valence-corrected chi connectivity index (χ2v) is 5.84. The Morgan fingerprint density at radius 3 is 2.53 bits per heavy atom. The zero-order chi connectivity index (χ0) is 12.1. The fourth-order valence-corrected chi connectivity index (χ4v) is 3.45. The van der Waals surface area contributed by atoms with Gasteiger partial charge in [-0.2, -0.15) is 0 Å². The van der Waals surface area contributed by atoms with Crippen molar-refractivity contribution in [2.45, 2.75) is 51.0 Å². The Kier molecular flexibility index (Phi) is 5.05. The summed E-state index contributed by atoms with van der Waals surface area (Å²) in [5.41, 5.74) is 0. The SMILES string of the molecule is C=C[C@H]1CC[C@@H](CN2CCCC[C@H]2CO)CC1. The molecule has 2 heteroatoms. The first-order valence-corrected chi connectivity index (χ1v) is 7.31. The normalized spacial score (nSPS) is 35.7. The van der Waals surface area contributed by atoms with Crippen LogP contribution in [0, 0.1) is 11.8 Å². The van der Waals surface area contributed by atoms with E-state index in [0.29, 0.717) is 12.6 Å². The molecule has 2 nitrogen and oxygen atoms in total. The molecule has 1 aliphatic heterocycles. The Morgan fingerprint density at radius 1 is 1.12 bits per heavy atom. The third-order valence-electron chi connectivity index (χ3n) is 4.68. The van der Waals surface area contributed by atoms with Gasteiger partial charge in [0.25, 0.3) is 0 Å². The van der Waals surface area contributed by atoms with Gasteiger partial charge in [0.1, 0.15) is 0 Å². The van der Waals surface area contributed by atoms with Gasteiger partial charge in [0, 0.05) is 12.6 Å². The number of likely N-dealkylation sites (tertiary alicyclic amines) is 1. The van der Waals surface area contributed by atoms with Gasteiger partial charge in [-0.05, 0) is 56.9 Å². The molecule has 17 heavy (non-hydrogen) atoms. The molecule has 1 saturated carbocycles. The van der Waals surface area contributed by atoms with Gasteiger partial charge in [-0.15, -0.1) is 6.58 Å². The van der Waals surface area contributed by atoms with E-state index in [1.807, 2.05) is 0 Å². The van der Waals surface area contributed by atoms with Crippen molar-refractivity contribution in [3.8, 4) is 0 Å². The Hall–Kier alpha value is -0.340. The molecule has 0 aromatic carbocycles. The smallest absolute Gasteiger partial charge is 0.0586 e. The Bertz CT molecular complexity index is 233. The monoisotopic (exact) mass is 237 g/mol. The molecule has 1 saturated heterocycles. The molecule has 1 atom stereocenters. The summed E-state index contributed by atoms with van der Waals surface area (Å²) in [7, 11) is 0. The number of allylic oxidation sites excluding steroid dienone is 1. The molecule has 1 aliphatic carbocycles. The summed E-state index contributed by atoms with van der Waals surface area (Å²) in [5.74, 6) is 1.62. The van der Waals surface area contributed by atoms with Crippen molar-refractivity contribution in [3.63, 3.8) is 0 Å². The van der Waals surface area contributed by atoms with E-state index in [-0.39, 0.29) is 0 Å². The molecule has 2 aliphatic rings. The minimum Gasteiger partial charge on any atom is -0.395 e. The van der Waals surface area contributed by atoms with Gasteiger partial charge in [0.2, 0.25) is 0 Å². The summed E-state index contributed by atoms with van der Waals surface area (Å²) in [6.45, 7) is 6.67. The van der Waals surface area contributed by atoms with Crippen LogP contribution in [-0.2, 0) is 0 Å². The van der Waals surface area contributed by atoms with Gasteiger partial charge >= 0.3 is 0 Å². The molecule has 2 fully saturated rings. The fourth-order valence-electron chi connectivity index (χ4n) is 3.45. The van der Waals surface area contributed by atoms with Gasteiger partial charge in [-0.1, -0.05) is 12.5 Å². The molecular formula is C15H27NO. The first kappa shape index (κ1) is 13.1. The first-order chi connectivity index (χ1) is 8.33. The second kappa shape index (κ2) is 6.55. The third kappa shape index (κ3) is 3.56. The number of rotatable bonds is 4. The van der Waals surface area contributed by atoms with E-state index in [2.05, 4.69) is 17.6 Å². The maximum absolute atomic E-state index is 9.42. The van der Waals surface area contributed by atoms with Crippen LogP contribution in [0.15, 0.2) is 12.7 Å². The van der Waals surface area contributed by atoms with E-state index in [9.17, 15) is 5.11 Å². The van der Waals surface area contributed by atoms with E-state index in [4.69, 9.17) is 0 Å². The van der Waals surface area contributed by atoms with Crippen LogP contribution >= 0.6 is 0 Å². The van der Waals surface area contributed by atoms with Crippen molar-refractivity contribution >= 4 is 0 Å². The third-order valence-corrected chi connectivity index (χ3v) is 4.68. The second-order valence-electron chi connectivity index (χ2n) is 5.84. The van der Waals surface area contributed by atoms with Crippen LogP contribution in [0.2, 0.25) is 0 Å². The molecule has 0 aromatic rings. The van der Waals surface area contributed by atoms with Gasteiger partial charge < -0.3 is 5.11 Å². The lowest BCUT2D eigenvalue weighted by molar-refractivity contribution is 0.0677. The molecule has 98 valence electrons. The zero-order valence-electron chi connectivity index (χ0n) is 11.0. The van der Waals surface area contributed by atoms with Crippen LogP contribution in [0.4, 0.5) is 0 Å².